The number of nitrogens with zero attached hydrogens (tertiary/aromatic N) is 1. The van der Waals surface area contributed by atoms with E-state index < -0.39 is 26.8 Å². The zero-order valence-electron chi connectivity index (χ0n) is 10.2. The Kier molecular flexibility index (Phi) is 4.10. The van der Waals surface area contributed by atoms with Gasteiger partial charge in [0.15, 0.2) is 0 Å². The third-order valence-corrected chi connectivity index (χ3v) is 4.31. The Morgan fingerprint density at radius 3 is 2.57 bits per heavy atom. The van der Waals surface area contributed by atoms with Gasteiger partial charge in [0.25, 0.3) is 10.0 Å². The Hall–Kier alpha value is -2.19. The molecule has 6 nitrogen and oxygen atoms in total. The van der Waals surface area contributed by atoms with Crippen LogP contribution in [0.1, 0.15) is 10.4 Å². The molecule has 0 saturated heterocycles. The Bertz CT molecular complexity index is 793. The first-order valence-electron chi connectivity index (χ1n) is 5.47. The molecule has 21 heavy (non-hydrogen) atoms. The number of benzene rings is 1. The second kappa shape index (κ2) is 5.66. The van der Waals surface area contributed by atoms with Crippen molar-refractivity contribution in [1.29, 1.82) is 0 Å². The predicted molar refractivity (Wildman–Crippen MR) is 73.4 cm³/mol. The summed E-state index contributed by atoms with van der Waals surface area (Å²) in [5, 5.41) is 8.74. The standard InChI is InChI=1S/C12H8ClFN2O4S/c13-9-3-1-7(12(17)18)5-10(9)21(19,20)16-8-2-4-11(14)15-6-8/h1-6,16H,(H,17,18). The van der Waals surface area contributed by atoms with Gasteiger partial charge in [-0.2, -0.15) is 4.39 Å². The summed E-state index contributed by atoms with van der Waals surface area (Å²) in [7, 11) is -4.12. The Morgan fingerprint density at radius 1 is 1.29 bits per heavy atom. The highest BCUT2D eigenvalue weighted by atomic mass is 35.5. The van der Waals surface area contributed by atoms with E-state index in [-0.39, 0.29) is 16.3 Å². The number of halogens is 2. The molecule has 110 valence electrons. The molecule has 0 bridgehead atoms. The normalized spacial score (nSPS) is 11.1. The lowest BCUT2D eigenvalue weighted by molar-refractivity contribution is 0.0696. The third-order valence-electron chi connectivity index (χ3n) is 2.45. The van der Waals surface area contributed by atoms with E-state index in [4.69, 9.17) is 16.7 Å². The lowest BCUT2D eigenvalue weighted by Gasteiger charge is -2.09. The van der Waals surface area contributed by atoms with Crippen LogP contribution in [0.2, 0.25) is 5.02 Å². The molecular formula is C12H8ClFN2O4S. The van der Waals surface area contributed by atoms with Crippen molar-refractivity contribution in [2.75, 3.05) is 4.72 Å². The predicted octanol–water partition coefficient (Wildman–Crippen LogP) is 2.37. The maximum absolute atomic E-state index is 12.7. The largest absolute Gasteiger partial charge is 0.478 e. The van der Waals surface area contributed by atoms with Gasteiger partial charge in [0.1, 0.15) is 4.90 Å². The minimum absolute atomic E-state index is 0.0215. The number of sulfonamides is 1. The molecule has 0 atom stereocenters. The maximum atomic E-state index is 12.7. The van der Waals surface area contributed by atoms with Crippen LogP contribution < -0.4 is 4.72 Å². The lowest BCUT2D eigenvalue weighted by atomic mass is 10.2. The molecule has 0 unspecified atom stereocenters. The van der Waals surface area contributed by atoms with Crippen LogP contribution in [0.25, 0.3) is 0 Å². The molecule has 0 saturated carbocycles. The average molecular weight is 331 g/mol. The highest BCUT2D eigenvalue weighted by Crippen LogP contribution is 2.25. The molecule has 1 aromatic carbocycles. The summed E-state index contributed by atoms with van der Waals surface area (Å²) in [4.78, 5) is 13.8. The number of pyridine rings is 1. The first kappa shape index (κ1) is 15.2. The Balaban J connectivity index is 2.41. The summed E-state index contributed by atoms with van der Waals surface area (Å²) in [6, 6.07) is 5.44. The quantitative estimate of drug-likeness (QED) is 0.839. The summed E-state index contributed by atoms with van der Waals surface area (Å²) >= 11 is 5.79. The molecule has 0 amide bonds. The number of nitrogens with one attached hydrogen (secondary N) is 1. The first-order valence-corrected chi connectivity index (χ1v) is 7.33. The van der Waals surface area contributed by atoms with Crippen molar-refractivity contribution in [3.05, 3.63) is 53.1 Å². The van der Waals surface area contributed by atoms with Crippen LogP contribution in [-0.2, 0) is 10.0 Å². The van der Waals surface area contributed by atoms with E-state index in [1.54, 1.807) is 0 Å². The molecule has 2 rings (SSSR count). The van der Waals surface area contributed by atoms with Crippen molar-refractivity contribution >= 4 is 33.3 Å². The topological polar surface area (TPSA) is 96.4 Å². The van der Waals surface area contributed by atoms with Crippen molar-refractivity contribution in [2.24, 2.45) is 0 Å². The molecule has 1 heterocycles. The van der Waals surface area contributed by atoms with Crippen LogP contribution in [-0.4, -0.2) is 24.5 Å². The van der Waals surface area contributed by atoms with E-state index in [2.05, 4.69) is 9.71 Å². The number of carbonyl (C=O) groups is 1. The zero-order valence-corrected chi connectivity index (χ0v) is 11.8. The van der Waals surface area contributed by atoms with Gasteiger partial charge in [-0.05, 0) is 30.3 Å². The van der Waals surface area contributed by atoms with Crippen molar-refractivity contribution in [2.45, 2.75) is 4.90 Å². The van der Waals surface area contributed by atoms with Gasteiger partial charge >= 0.3 is 5.97 Å². The van der Waals surface area contributed by atoms with Gasteiger partial charge in [-0.25, -0.2) is 18.2 Å². The number of aromatic nitrogens is 1. The van der Waals surface area contributed by atoms with Gasteiger partial charge in [0, 0.05) is 0 Å². The van der Waals surface area contributed by atoms with Gasteiger partial charge in [0.2, 0.25) is 5.95 Å². The first-order chi connectivity index (χ1) is 9.79. The molecule has 0 spiro atoms. The van der Waals surface area contributed by atoms with Crippen LogP contribution in [0.15, 0.2) is 41.4 Å². The fourth-order valence-corrected chi connectivity index (χ4v) is 3.06. The number of anilines is 1. The van der Waals surface area contributed by atoms with E-state index >= 15 is 0 Å². The average Bonchev–Trinajstić information content (AvgIpc) is 2.41. The van der Waals surface area contributed by atoms with Crippen LogP contribution in [0.4, 0.5) is 10.1 Å². The molecule has 1 aromatic heterocycles. The van der Waals surface area contributed by atoms with Crippen molar-refractivity contribution in [1.82, 2.24) is 4.98 Å². The zero-order chi connectivity index (χ0) is 15.6. The number of aromatic carboxylic acids is 1. The lowest BCUT2D eigenvalue weighted by Crippen LogP contribution is -2.14. The minimum Gasteiger partial charge on any atom is -0.478 e. The van der Waals surface area contributed by atoms with Crippen molar-refractivity contribution in [3.8, 4) is 0 Å². The van der Waals surface area contributed by atoms with E-state index in [0.29, 0.717) is 0 Å². The monoisotopic (exact) mass is 330 g/mol. The molecule has 2 aromatic rings. The molecule has 0 aliphatic carbocycles. The Morgan fingerprint density at radius 2 is 2.00 bits per heavy atom. The summed E-state index contributed by atoms with van der Waals surface area (Å²) in [5.74, 6) is -2.05. The van der Waals surface area contributed by atoms with Crippen LogP contribution in [0, 0.1) is 5.95 Å². The maximum Gasteiger partial charge on any atom is 0.335 e. The number of carboxylic acids is 1. The Labute approximate surface area is 124 Å². The van der Waals surface area contributed by atoms with Crippen LogP contribution in [0.5, 0.6) is 0 Å². The number of rotatable bonds is 4. The van der Waals surface area contributed by atoms with Crippen LogP contribution >= 0.6 is 11.6 Å². The fourth-order valence-electron chi connectivity index (χ4n) is 1.49. The van der Waals surface area contributed by atoms with Gasteiger partial charge < -0.3 is 5.11 Å². The third kappa shape index (κ3) is 3.47. The van der Waals surface area contributed by atoms with E-state index in [0.717, 1.165) is 18.3 Å². The van der Waals surface area contributed by atoms with Crippen molar-refractivity contribution < 1.29 is 22.7 Å². The SMILES string of the molecule is O=C(O)c1ccc(Cl)c(S(=O)(=O)Nc2ccc(F)nc2)c1. The summed E-state index contributed by atoms with van der Waals surface area (Å²) in [6.07, 6.45) is 0.988. The molecule has 0 aliphatic heterocycles. The molecular weight excluding hydrogens is 323 g/mol. The van der Waals surface area contributed by atoms with E-state index in [1.165, 1.54) is 18.2 Å². The van der Waals surface area contributed by atoms with Gasteiger partial charge in [-0.3, -0.25) is 4.72 Å². The number of carboxylic acid groups (broad SMARTS) is 1. The second-order valence-electron chi connectivity index (χ2n) is 3.93. The van der Waals surface area contributed by atoms with E-state index in [1.807, 2.05) is 0 Å². The second-order valence-corrected chi connectivity index (χ2v) is 5.98. The highest BCUT2D eigenvalue weighted by Gasteiger charge is 2.20. The van der Waals surface area contributed by atoms with Gasteiger partial charge in [-0.15, -0.1) is 0 Å². The molecule has 0 aliphatic rings. The fraction of sp³-hybridized carbons (Fsp3) is 0. The highest BCUT2D eigenvalue weighted by molar-refractivity contribution is 7.92. The van der Waals surface area contributed by atoms with Gasteiger partial charge in [0.05, 0.1) is 22.5 Å². The smallest absolute Gasteiger partial charge is 0.335 e. The molecule has 2 N–H and O–H groups in total. The summed E-state index contributed by atoms with van der Waals surface area (Å²) in [5.41, 5.74) is -0.204. The van der Waals surface area contributed by atoms with Crippen molar-refractivity contribution in [3.63, 3.8) is 0 Å². The number of hydrogen-bond acceptors (Lipinski definition) is 4. The molecule has 9 heteroatoms. The van der Waals surface area contributed by atoms with Crippen LogP contribution in [0.3, 0.4) is 0 Å². The molecule has 0 fully saturated rings. The number of hydrogen-bond donors (Lipinski definition) is 2. The van der Waals surface area contributed by atoms with Gasteiger partial charge in [-0.1, -0.05) is 11.6 Å². The minimum atomic E-state index is -4.12. The van der Waals surface area contributed by atoms with E-state index in [9.17, 15) is 17.6 Å². The summed E-state index contributed by atoms with van der Waals surface area (Å²) in [6.45, 7) is 0. The molecule has 0 radical (unpaired) electrons. The summed E-state index contributed by atoms with van der Waals surface area (Å²) < 4.78 is 39.2.